The third kappa shape index (κ3) is 1.87. The van der Waals surface area contributed by atoms with Crippen molar-refractivity contribution in [3.63, 3.8) is 0 Å². The molecule has 1 aromatic rings. The number of aromatic nitrogens is 2. The van der Waals surface area contributed by atoms with Gasteiger partial charge in [-0.3, -0.25) is 0 Å². The minimum atomic E-state index is -1.04. The second kappa shape index (κ2) is 3.16. The average Bonchev–Trinajstić information content (AvgIpc) is 1.97. The molecule has 14 heavy (non-hydrogen) atoms. The summed E-state index contributed by atoms with van der Waals surface area (Å²) in [7, 11) is 0. The lowest BCUT2D eigenvalue weighted by Gasteiger charge is -2.37. The average molecular weight is 215 g/mol. The first-order valence-electron chi connectivity index (χ1n) is 4.66. The number of alkyl halides is 1. The van der Waals surface area contributed by atoms with E-state index in [1.165, 1.54) is 0 Å². The summed E-state index contributed by atoms with van der Waals surface area (Å²) in [5.41, 5.74) is -0.197. The lowest BCUT2D eigenvalue weighted by molar-refractivity contribution is 0.0581. The van der Waals surface area contributed by atoms with Gasteiger partial charge in [-0.1, -0.05) is 11.6 Å². The number of nitrogens with zero attached hydrogens (tertiary/aromatic N) is 2. The van der Waals surface area contributed by atoms with Crippen LogP contribution >= 0.6 is 11.6 Å². The van der Waals surface area contributed by atoms with Crippen LogP contribution in [-0.2, 0) is 0 Å². The number of rotatable bonds is 1. The first kappa shape index (κ1) is 9.84. The van der Waals surface area contributed by atoms with E-state index in [0.717, 1.165) is 5.69 Å². The van der Waals surface area contributed by atoms with E-state index in [0.29, 0.717) is 23.8 Å². The van der Waals surface area contributed by atoms with E-state index < -0.39 is 5.67 Å². The van der Waals surface area contributed by atoms with Crippen molar-refractivity contribution in [1.29, 1.82) is 0 Å². The molecule has 0 aliphatic heterocycles. The lowest BCUT2D eigenvalue weighted by Crippen LogP contribution is -2.36. The molecule has 0 saturated heterocycles. The summed E-state index contributed by atoms with van der Waals surface area (Å²) in [5, 5.41) is 0.444. The van der Waals surface area contributed by atoms with Crippen LogP contribution in [0.15, 0.2) is 6.07 Å². The van der Waals surface area contributed by atoms with Gasteiger partial charge in [-0.25, -0.2) is 14.4 Å². The molecule has 0 aromatic carbocycles. The molecule has 1 heterocycles. The van der Waals surface area contributed by atoms with Gasteiger partial charge in [-0.05, 0) is 32.8 Å². The molecule has 0 atom stereocenters. The Labute approximate surface area is 87.5 Å². The van der Waals surface area contributed by atoms with Gasteiger partial charge in [0.05, 0.1) is 0 Å². The van der Waals surface area contributed by atoms with Crippen molar-refractivity contribution < 1.29 is 4.39 Å². The highest BCUT2D eigenvalue weighted by atomic mass is 35.5. The zero-order valence-electron chi connectivity index (χ0n) is 8.22. The summed E-state index contributed by atoms with van der Waals surface area (Å²) >= 11 is 5.80. The fourth-order valence-electron chi connectivity index (χ4n) is 1.88. The Hall–Kier alpha value is -0.700. The Kier molecular flexibility index (Phi) is 2.22. The normalized spacial score (nSPS) is 31.3. The molecule has 1 saturated carbocycles. The Balaban J connectivity index is 2.18. The Morgan fingerprint density at radius 1 is 1.50 bits per heavy atom. The molecule has 1 aliphatic carbocycles. The van der Waals surface area contributed by atoms with Crippen molar-refractivity contribution in [2.75, 3.05) is 0 Å². The van der Waals surface area contributed by atoms with Crippen molar-refractivity contribution in [2.24, 2.45) is 0 Å². The smallest absolute Gasteiger partial charge is 0.133 e. The predicted molar refractivity (Wildman–Crippen MR) is 53.3 cm³/mol. The fraction of sp³-hybridized carbons (Fsp3) is 0.600. The van der Waals surface area contributed by atoms with E-state index in [1.54, 1.807) is 13.0 Å². The topological polar surface area (TPSA) is 25.8 Å². The number of hydrogen-bond acceptors (Lipinski definition) is 2. The third-order valence-corrected chi connectivity index (χ3v) is 2.74. The summed E-state index contributed by atoms with van der Waals surface area (Å²) in [6.07, 6.45) is 1.01. The Bertz CT molecular complexity index is 337. The fourth-order valence-corrected chi connectivity index (χ4v) is 2.13. The minimum absolute atomic E-state index is 0.141. The van der Waals surface area contributed by atoms with Crippen LogP contribution in [0.4, 0.5) is 4.39 Å². The molecule has 0 unspecified atom stereocenters. The summed E-state index contributed by atoms with van der Waals surface area (Å²) in [6.45, 7) is 3.48. The van der Waals surface area contributed by atoms with Crippen LogP contribution < -0.4 is 0 Å². The maximum absolute atomic E-state index is 13.3. The molecular formula is C10H12ClFN2. The highest BCUT2D eigenvalue weighted by Gasteiger charge is 2.42. The summed E-state index contributed by atoms with van der Waals surface area (Å²) in [6, 6.07) is 1.71. The molecule has 0 bridgehead atoms. The molecule has 1 aromatic heterocycles. The molecule has 2 rings (SSSR count). The van der Waals surface area contributed by atoms with E-state index in [-0.39, 0.29) is 5.92 Å². The van der Waals surface area contributed by atoms with Crippen LogP contribution in [0.3, 0.4) is 0 Å². The Morgan fingerprint density at radius 3 is 2.64 bits per heavy atom. The first-order chi connectivity index (χ1) is 6.46. The second-order valence-electron chi connectivity index (χ2n) is 4.21. The maximum atomic E-state index is 13.3. The molecule has 4 heteroatoms. The molecule has 0 N–H and O–H groups in total. The predicted octanol–water partition coefficient (Wildman–Crippen LogP) is 3.04. The van der Waals surface area contributed by atoms with Crippen molar-refractivity contribution in [1.82, 2.24) is 9.97 Å². The lowest BCUT2D eigenvalue weighted by atomic mass is 9.73. The molecule has 76 valence electrons. The molecule has 0 amide bonds. The highest BCUT2D eigenvalue weighted by Crippen LogP contribution is 2.45. The van der Waals surface area contributed by atoms with Crippen molar-refractivity contribution in [2.45, 2.75) is 38.3 Å². The molecule has 1 aliphatic rings. The molecule has 2 nitrogen and oxygen atoms in total. The van der Waals surface area contributed by atoms with Gasteiger partial charge in [0.2, 0.25) is 0 Å². The van der Waals surface area contributed by atoms with Crippen LogP contribution in [0.1, 0.15) is 37.2 Å². The highest BCUT2D eigenvalue weighted by molar-refractivity contribution is 6.29. The first-order valence-corrected chi connectivity index (χ1v) is 5.04. The quantitative estimate of drug-likeness (QED) is 0.672. The minimum Gasteiger partial charge on any atom is -0.244 e. The summed E-state index contributed by atoms with van der Waals surface area (Å²) in [4.78, 5) is 8.37. The van der Waals surface area contributed by atoms with E-state index in [2.05, 4.69) is 9.97 Å². The van der Waals surface area contributed by atoms with Gasteiger partial charge >= 0.3 is 0 Å². The van der Waals surface area contributed by atoms with Gasteiger partial charge in [0.15, 0.2) is 0 Å². The van der Waals surface area contributed by atoms with E-state index in [9.17, 15) is 4.39 Å². The third-order valence-electron chi connectivity index (χ3n) is 2.55. The van der Waals surface area contributed by atoms with Gasteiger partial charge in [0.25, 0.3) is 0 Å². The van der Waals surface area contributed by atoms with Crippen LogP contribution in [-0.4, -0.2) is 15.6 Å². The van der Waals surface area contributed by atoms with Gasteiger partial charge in [0, 0.05) is 11.6 Å². The van der Waals surface area contributed by atoms with Crippen LogP contribution in [0.2, 0.25) is 5.15 Å². The largest absolute Gasteiger partial charge is 0.244 e. The van der Waals surface area contributed by atoms with Crippen LogP contribution in [0.25, 0.3) is 0 Å². The monoisotopic (exact) mass is 214 g/mol. The van der Waals surface area contributed by atoms with E-state index in [1.807, 2.05) is 6.92 Å². The number of halogens is 2. The van der Waals surface area contributed by atoms with Crippen molar-refractivity contribution >= 4 is 11.6 Å². The van der Waals surface area contributed by atoms with E-state index >= 15 is 0 Å². The van der Waals surface area contributed by atoms with Crippen LogP contribution in [0.5, 0.6) is 0 Å². The molecular weight excluding hydrogens is 203 g/mol. The van der Waals surface area contributed by atoms with Gasteiger partial charge in [0.1, 0.15) is 16.6 Å². The van der Waals surface area contributed by atoms with Gasteiger partial charge in [-0.15, -0.1) is 0 Å². The molecule has 0 spiro atoms. The van der Waals surface area contributed by atoms with Gasteiger partial charge < -0.3 is 0 Å². The van der Waals surface area contributed by atoms with E-state index in [4.69, 9.17) is 11.6 Å². The summed E-state index contributed by atoms with van der Waals surface area (Å²) < 4.78 is 13.3. The summed E-state index contributed by atoms with van der Waals surface area (Å²) in [5.74, 6) is 0.826. The second-order valence-corrected chi connectivity index (χ2v) is 4.60. The molecule has 1 fully saturated rings. The van der Waals surface area contributed by atoms with Crippen LogP contribution in [0, 0.1) is 6.92 Å². The molecule has 0 radical (unpaired) electrons. The van der Waals surface area contributed by atoms with Crippen molar-refractivity contribution in [3.8, 4) is 0 Å². The van der Waals surface area contributed by atoms with Gasteiger partial charge in [-0.2, -0.15) is 0 Å². The number of aryl methyl sites for hydroxylation is 1. The number of hydrogen-bond donors (Lipinski definition) is 0. The maximum Gasteiger partial charge on any atom is 0.133 e. The Morgan fingerprint density at radius 2 is 2.14 bits per heavy atom. The zero-order valence-corrected chi connectivity index (χ0v) is 8.98. The van der Waals surface area contributed by atoms with Crippen molar-refractivity contribution in [3.05, 3.63) is 22.7 Å². The SMILES string of the molecule is Cc1cc(Cl)nc(C2CC(C)(F)C2)n1. The standard InChI is InChI=1S/C10H12ClFN2/c1-6-3-8(11)14-9(13-6)7-4-10(2,12)5-7/h3,7H,4-5H2,1-2H3. The zero-order chi connectivity index (χ0) is 10.3.